The molecule has 6 heterocycles. The Balaban J connectivity index is 0.804. The van der Waals surface area contributed by atoms with Crippen LogP contribution < -0.4 is 10.6 Å². The zero-order valence-corrected chi connectivity index (χ0v) is 37.6. The highest BCUT2D eigenvalue weighted by molar-refractivity contribution is 5.90. The van der Waals surface area contributed by atoms with E-state index in [0.29, 0.717) is 37.6 Å². The molecule has 0 saturated carbocycles. The summed E-state index contributed by atoms with van der Waals surface area (Å²) in [6.45, 7) is 1.08. The molecule has 344 valence electrons. The third-order valence-electron chi connectivity index (χ3n) is 13.1. The number of fused-ring (bicyclic) bond motifs is 3. The van der Waals surface area contributed by atoms with E-state index in [1.54, 1.807) is 11.1 Å². The van der Waals surface area contributed by atoms with Crippen LogP contribution in [-0.2, 0) is 31.9 Å². The number of H-pyrrole nitrogens is 4. The van der Waals surface area contributed by atoms with Gasteiger partial charge in [-0.3, -0.25) is 9.59 Å². The number of aromatic nitrogens is 6. The van der Waals surface area contributed by atoms with Gasteiger partial charge in [-0.25, -0.2) is 19.6 Å². The van der Waals surface area contributed by atoms with Crippen molar-refractivity contribution in [2.45, 2.75) is 62.7 Å². The molecule has 16 heteroatoms. The minimum atomic E-state index is -0.833. The van der Waals surface area contributed by atoms with Gasteiger partial charge in [0.1, 0.15) is 23.7 Å². The summed E-state index contributed by atoms with van der Waals surface area (Å²) in [4.78, 5) is 79.9. The number of amides is 4. The molecule has 2 fully saturated rings. The van der Waals surface area contributed by atoms with Gasteiger partial charge in [0.25, 0.3) is 0 Å². The first-order valence-electron chi connectivity index (χ1n) is 22.8. The first-order chi connectivity index (χ1) is 33.2. The van der Waals surface area contributed by atoms with Gasteiger partial charge in [0.05, 0.1) is 49.2 Å². The van der Waals surface area contributed by atoms with Crippen LogP contribution in [0.1, 0.15) is 71.7 Å². The van der Waals surface area contributed by atoms with E-state index < -0.39 is 24.3 Å². The summed E-state index contributed by atoms with van der Waals surface area (Å²) in [6, 6.07) is 27.2. The van der Waals surface area contributed by atoms with Crippen LogP contribution in [0.3, 0.4) is 0 Å². The van der Waals surface area contributed by atoms with Crippen LogP contribution in [0.15, 0.2) is 110 Å². The summed E-state index contributed by atoms with van der Waals surface area (Å²) >= 11 is 0. The molecular formula is C52H50N10O6. The summed E-state index contributed by atoms with van der Waals surface area (Å²) < 4.78 is 9.81. The minimum absolute atomic E-state index is 0.193. The zero-order chi connectivity index (χ0) is 46.7. The van der Waals surface area contributed by atoms with Crippen LogP contribution in [0, 0.1) is 11.8 Å². The van der Waals surface area contributed by atoms with Crippen molar-refractivity contribution in [2.75, 3.05) is 27.3 Å². The molecule has 4 aromatic carbocycles. The van der Waals surface area contributed by atoms with Crippen molar-refractivity contribution >= 4 is 56.8 Å². The van der Waals surface area contributed by atoms with Gasteiger partial charge in [0.15, 0.2) is 0 Å². The average molecular weight is 911 g/mol. The van der Waals surface area contributed by atoms with E-state index in [1.807, 2.05) is 108 Å². The number of carbonyl (C=O) groups is 4. The van der Waals surface area contributed by atoms with E-state index in [-0.39, 0.29) is 23.9 Å². The smallest absolute Gasteiger partial charge is 0.407 e. The van der Waals surface area contributed by atoms with Crippen LogP contribution >= 0.6 is 0 Å². The van der Waals surface area contributed by atoms with Gasteiger partial charge in [-0.1, -0.05) is 60.4 Å². The Morgan fingerprint density at radius 3 is 1.81 bits per heavy atom. The number of carbonyl (C=O) groups excluding carboxylic acids is 4. The SMILES string of the molecule is COC(=O)N[C@@H](Cc1c[nH]c2ccccc12)C(=O)N1CCC[C@H]1c1ncc(-c2ccc(C#Cc3ccc4nc([C@@H]5CCCN5C(=O)[C@H](Cc5c[nH]c6ccccc56)NC(=O)OC)[nH]c4c3)cc2)[nH]1. The number of hydrogen-bond donors (Lipinski definition) is 6. The van der Waals surface area contributed by atoms with Gasteiger partial charge in [-0.05, 0) is 84.8 Å². The zero-order valence-electron chi connectivity index (χ0n) is 37.6. The summed E-state index contributed by atoms with van der Waals surface area (Å²) in [5, 5.41) is 7.56. The molecule has 0 bridgehead atoms. The van der Waals surface area contributed by atoms with Crippen molar-refractivity contribution in [3.8, 4) is 23.1 Å². The highest BCUT2D eigenvalue weighted by atomic mass is 16.5. The Morgan fingerprint density at radius 2 is 1.22 bits per heavy atom. The molecule has 0 spiro atoms. The largest absolute Gasteiger partial charge is 0.453 e. The fourth-order valence-electron chi connectivity index (χ4n) is 9.67. The van der Waals surface area contributed by atoms with Crippen molar-refractivity contribution in [2.24, 2.45) is 0 Å². The molecule has 2 aliphatic rings. The van der Waals surface area contributed by atoms with E-state index in [1.165, 1.54) is 14.2 Å². The number of likely N-dealkylation sites (tertiary alicyclic amines) is 2. The van der Waals surface area contributed by atoms with Crippen molar-refractivity contribution in [3.63, 3.8) is 0 Å². The van der Waals surface area contributed by atoms with E-state index in [2.05, 4.69) is 42.4 Å². The first kappa shape index (κ1) is 43.6. The summed E-state index contributed by atoms with van der Waals surface area (Å²) in [5.74, 6) is 7.54. The summed E-state index contributed by atoms with van der Waals surface area (Å²) in [7, 11) is 2.58. The molecule has 4 aromatic heterocycles. The molecule has 16 nitrogen and oxygen atoms in total. The number of methoxy groups -OCH3 is 2. The fourth-order valence-corrected chi connectivity index (χ4v) is 9.67. The van der Waals surface area contributed by atoms with E-state index in [0.717, 1.165) is 92.0 Å². The second kappa shape index (κ2) is 18.9. The molecule has 4 amide bonds. The quantitative estimate of drug-likeness (QED) is 0.0712. The number of alkyl carbamates (subject to hydrolysis) is 2. The lowest BCUT2D eigenvalue weighted by Crippen LogP contribution is -2.49. The monoisotopic (exact) mass is 910 g/mol. The fraction of sp³-hybridized carbons (Fsp3) is 0.269. The van der Waals surface area contributed by atoms with Gasteiger partial charge in [0, 0.05) is 71.3 Å². The minimum Gasteiger partial charge on any atom is -0.453 e. The Bertz CT molecular complexity index is 3230. The van der Waals surface area contributed by atoms with Gasteiger partial charge < -0.3 is 49.8 Å². The van der Waals surface area contributed by atoms with Crippen LogP contribution in [0.25, 0.3) is 44.1 Å². The Labute approximate surface area is 391 Å². The standard InChI is InChI=1S/C52H50N10O6/c1-67-51(65)59-42(26-34-28-53-38-11-5-3-9-36(34)38)49(63)61-23-7-13-45(61)47-55-30-44(58-47)33-20-17-31(18-21-33)15-16-32-19-22-40-41(25-32)57-48(56-40)46-14-8-24-62(46)50(64)43(60-52(66)68-2)27-35-29-54-39-12-6-4-10-37(35)39/h3-6,9-12,17-22,25,28-30,42-43,45-46,53-54H,7-8,13-14,23-24,26-27H2,1-2H3,(H,55,58)(H,56,57)(H,59,65)(H,60,66)/t42-,43-,45-,46-/m0/s1. The lowest BCUT2D eigenvalue weighted by atomic mass is 10.0. The maximum absolute atomic E-state index is 14.2. The maximum Gasteiger partial charge on any atom is 0.407 e. The number of hydrogen-bond acceptors (Lipinski definition) is 8. The van der Waals surface area contributed by atoms with E-state index in [4.69, 9.17) is 19.4 Å². The highest BCUT2D eigenvalue weighted by Crippen LogP contribution is 2.35. The summed E-state index contributed by atoms with van der Waals surface area (Å²) in [5.41, 5.74) is 8.72. The van der Waals surface area contributed by atoms with Gasteiger partial charge in [0.2, 0.25) is 11.8 Å². The van der Waals surface area contributed by atoms with Crippen LogP contribution in [0.4, 0.5) is 9.59 Å². The first-order valence-corrected chi connectivity index (χ1v) is 22.8. The molecule has 2 saturated heterocycles. The normalized spacial score (nSPS) is 16.7. The highest BCUT2D eigenvalue weighted by Gasteiger charge is 2.38. The van der Waals surface area contributed by atoms with Gasteiger partial charge in [-0.15, -0.1) is 0 Å². The third-order valence-corrected chi connectivity index (χ3v) is 13.1. The van der Waals surface area contributed by atoms with Crippen molar-refractivity contribution in [1.82, 2.24) is 50.3 Å². The number of aromatic amines is 4. The van der Waals surface area contributed by atoms with Crippen molar-refractivity contribution < 1.29 is 28.7 Å². The second-order valence-electron chi connectivity index (χ2n) is 17.2. The number of nitrogens with one attached hydrogen (secondary N) is 6. The molecule has 4 atom stereocenters. The number of para-hydroxylation sites is 2. The number of ether oxygens (including phenoxy) is 2. The number of benzene rings is 4. The number of imidazole rings is 2. The van der Waals surface area contributed by atoms with Gasteiger partial charge in [-0.2, -0.15) is 0 Å². The predicted octanol–water partition coefficient (Wildman–Crippen LogP) is 7.58. The van der Waals surface area contributed by atoms with Gasteiger partial charge >= 0.3 is 12.2 Å². The predicted molar refractivity (Wildman–Crippen MR) is 256 cm³/mol. The number of nitrogens with zero attached hydrogens (tertiary/aromatic N) is 4. The Kier molecular flexibility index (Phi) is 12.1. The topological polar surface area (TPSA) is 206 Å². The van der Waals surface area contributed by atoms with Crippen LogP contribution in [0.5, 0.6) is 0 Å². The van der Waals surface area contributed by atoms with Crippen LogP contribution in [-0.4, -0.2) is 103 Å². The van der Waals surface area contributed by atoms with Crippen LogP contribution in [0.2, 0.25) is 0 Å². The maximum atomic E-state index is 14.2. The average Bonchev–Trinajstić information content (AvgIpc) is 4.24. The molecule has 0 unspecified atom stereocenters. The third kappa shape index (κ3) is 8.85. The van der Waals surface area contributed by atoms with E-state index in [9.17, 15) is 19.2 Å². The molecule has 0 radical (unpaired) electrons. The number of rotatable bonds is 11. The van der Waals surface area contributed by atoms with E-state index >= 15 is 0 Å². The molecule has 0 aliphatic carbocycles. The Hall–Kier alpha value is -8.32. The molecule has 6 N–H and O–H groups in total. The lowest BCUT2D eigenvalue weighted by molar-refractivity contribution is -0.135. The lowest BCUT2D eigenvalue weighted by Gasteiger charge is -2.28. The Morgan fingerprint density at radius 1 is 0.676 bits per heavy atom. The molecule has 68 heavy (non-hydrogen) atoms. The van der Waals surface area contributed by atoms with Crippen molar-refractivity contribution in [1.29, 1.82) is 0 Å². The second-order valence-corrected chi connectivity index (χ2v) is 17.2. The molecular weight excluding hydrogens is 861 g/mol. The molecule has 10 rings (SSSR count). The van der Waals surface area contributed by atoms with Crippen molar-refractivity contribution in [3.05, 3.63) is 143 Å². The molecule has 2 aliphatic heterocycles. The molecule has 8 aromatic rings. The summed E-state index contributed by atoms with van der Waals surface area (Å²) in [6.07, 6.45) is 7.89.